The van der Waals surface area contributed by atoms with Crippen LogP contribution in [-0.2, 0) is 92.4 Å². The Bertz CT molecular complexity index is 3520. The van der Waals surface area contributed by atoms with Crippen LogP contribution in [0, 0.1) is 0 Å². The van der Waals surface area contributed by atoms with Crippen molar-refractivity contribution in [2.75, 3.05) is 161 Å². The number of nitrogens with zero attached hydrogens (tertiary/aromatic N) is 6. The first-order valence-electron chi connectivity index (χ1n) is 49.0. The normalized spacial score (nSPS) is 11.7. The van der Waals surface area contributed by atoms with Gasteiger partial charge in [0.1, 0.15) is 0 Å². The SMILES string of the molecule is CCCCNC(=O)NCCCCCCn1c(=O)n(CCCCCCNC(=O)NCCC[Si](OC)(OC)OC)c(=O)n(CCCCCCNC(=O)NCCC[Si](OC)(OC)OC)c1=O.CCCCNC(=O)NCCCCCCn1c(=O)n(CCCCCCNC(=O)NCCC[Si](OCC)(OCC)OCC)c(=O)n(CCCCCCNC(=O)NCCC[Si](OCC)(OCC)OCC)c1=O. The van der Waals surface area contributed by atoms with Crippen LogP contribution in [0.5, 0.6) is 0 Å². The number of unbranched alkanes of at least 4 members (excludes halogenated alkanes) is 20. The summed E-state index contributed by atoms with van der Waals surface area (Å²) < 4.78 is 74.8. The molecule has 2 aromatic rings. The zero-order valence-corrected chi connectivity index (χ0v) is 86.9. The van der Waals surface area contributed by atoms with Gasteiger partial charge in [-0.25, -0.2) is 84.9 Å². The molecule has 132 heavy (non-hydrogen) atoms. The van der Waals surface area contributed by atoms with Crippen LogP contribution in [0.4, 0.5) is 28.8 Å². The summed E-state index contributed by atoms with van der Waals surface area (Å²) in [7, 11) is -1.56. The Morgan fingerprint density at radius 1 is 0.197 bits per heavy atom. The summed E-state index contributed by atoms with van der Waals surface area (Å²) >= 11 is 0. The molecule has 46 heteroatoms. The fourth-order valence-electron chi connectivity index (χ4n) is 14.5. The second kappa shape index (κ2) is 77.9. The maximum atomic E-state index is 13.7. The number of carbonyl (C=O) groups excluding carboxylic acids is 6. The third kappa shape index (κ3) is 53.4. The van der Waals surface area contributed by atoms with Gasteiger partial charge in [0, 0.05) is 224 Å². The van der Waals surface area contributed by atoms with Crippen LogP contribution in [-0.4, -0.2) is 260 Å². The molecule has 0 aliphatic rings. The molecule has 0 bridgehead atoms. The lowest BCUT2D eigenvalue weighted by Crippen LogP contribution is -2.54. The summed E-state index contributed by atoms with van der Waals surface area (Å²) in [4.78, 5) is 155. The average Bonchev–Trinajstić information content (AvgIpc) is 0.789. The molecule has 0 atom stereocenters. The summed E-state index contributed by atoms with van der Waals surface area (Å²) in [5.41, 5.74) is -3.62. The van der Waals surface area contributed by atoms with E-state index in [4.69, 9.17) is 53.1 Å². The minimum Gasteiger partial charge on any atom is -0.377 e. The number of hydrogen-bond acceptors (Lipinski definition) is 24. The molecule has 12 amide bonds. The van der Waals surface area contributed by atoms with E-state index in [0.29, 0.717) is 207 Å². The number of carbonyl (C=O) groups is 6. The van der Waals surface area contributed by atoms with E-state index in [1.165, 1.54) is 27.4 Å². The molecule has 42 nitrogen and oxygen atoms in total. The summed E-state index contributed by atoms with van der Waals surface area (Å²) in [5, 5.41) is 34.2. The van der Waals surface area contributed by atoms with Crippen molar-refractivity contribution in [1.82, 2.24) is 91.2 Å². The maximum Gasteiger partial charge on any atom is 0.500 e. The molecule has 0 aliphatic heterocycles. The monoisotopic (exact) mass is 1960 g/mol. The van der Waals surface area contributed by atoms with E-state index in [1.807, 2.05) is 41.5 Å². The molecule has 0 aliphatic carbocycles. The lowest BCUT2D eigenvalue weighted by atomic mass is 10.2. The highest BCUT2D eigenvalue weighted by molar-refractivity contribution is 6.61. The van der Waals surface area contributed by atoms with Crippen molar-refractivity contribution in [1.29, 1.82) is 0 Å². The van der Waals surface area contributed by atoms with E-state index >= 15 is 0 Å². The molecular formula is C86H174N18O24Si4. The van der Waals surface area contributed by atoms with Gasteiger partial charge >= 0.3 is 106 Å². The van der Waals surface area contributed by atoms with Gasteiger partial charge in [-0.2, -0.15) is 0 Å². The van der Waals surface area contributed by atoms with Gasteiger partial charge < -0.3 is 117 Å². The van der Waals surface area contributed by atoms with E-state index in [0.717, 1.165) is 141 Å². The molecule has 0 fully saturated rings. The predicted octanol–water partition coefficient (Wildman–Crippen LogP) is 8.51. The van der Waals surface area contributed by atoms with Gasteiger partial charge in [0.2, 0.25) is 0 Å². The largest absolute Gasteiger partial charge is 0.500 e. The molecule has 0 radical (unpaired) electrons. The predicted molar refractivity (Wildman–Crippen MR) is 520 cm³/mol. The van der Waals surface area contributed by atoms with Crippen molar-refractivity contribution in [3.8, 4) is 0 Å². The van der Waals surface area contributed by atoms with Crippen molar-refractivity contribution in [3.63, 3.8) is 0 Å². The molecule has 2 heterocycles. The van der Waals surface area contributed by atoms with E-state index in [-0.39, 0.29) is 75.5 Å². The lowest BCUT2D eigenvalue weighted by molar-refractivity contribution is 0.0700. The van der Waals surface area contributed by atoms with Crippen LogP contribution < -0.4 is 97.9 Å². The zero-order chi connectivity index (χ0) is 97.8. The average molecular weight is 1960 g/mol. The molecule has 768 valence electrons. The molecule has 2 rings (SSSR count). The van der Waals surface area contributed by atoms with Gasteiger partial charge in [-0.05, 0) is 157 Å². The second-order valence-corrected chi connectivity index (χ2v) is 43.5. The molecule has 0 unspecified atom stereocenters. The third-order valence-corrected chi connectivity index (χ3v) is 33.8. The molecule has 0 spiro atoms. The summed E-state index contributed by atoms with van der Waals surface area (Å²) in [6.07, 6.45) is 23.4. The first-order chi connectivity index (χ1) is 63.8. The van der Waals surface area contributed by atoms with Crippen molar-refractivity contribution in [3.05, 3.63) is 62.9 Å². The minimum absolute atomic E-state index is 0.175. The fraction of sp³-hybridized carbons (Fsp3) is 0.860. The molecular weight excluding hydrogens is 1780 g/mol. The Hall–Kier alpha value is -7.17. The smallest absolute Gasteiger partial charge is 0.377 e. The van der Waals surface area contributed by atoms with Crippen LogP contribution >= 0.6 is 0 Å². The summed E-state index contributed by atoms with van der Waals surface area (Å²) in [5.74, 6) is 0. The van der Waals surface area contributed by atoms with E-state index < -0.39 is 69.4 Å². The lowest BCUT2D eigenvalue weighted by Gasteiger charge is -2.28. The van der Waals surface area contributed by atoms with Gasteiger partial charge in [-0.3, -0.25) is 0 Å². The van der Waals surface area contributed by atoms with E-state index in [2.05, 4.69) is 77.6 Å². The molecule has 0 saturated heterocycles. The van der Waals surface area contributed by atoms with Crippen LogP contribution in [0.2, 0.25) is 24.2 Å². The topological polar surface area (TPSA) is 490 Å². The van der Waals surface area contributed by atoms with Crippen molar-refractivity contribution in [2.45, 2.75) is 324 Å². The fourth-order valence-corrected chi connectivity index (χ4v) is 23.2. The standard InChI is InChI=1S/C46H93N9O12Si2.C40H81N9O12Si2/c1-8-15-30-47-41(56)48-31-22-16-19-25-36-53-44(59)54(37-26-20-17-23-32-49-42(57)51-34-28-39-68(62-9-2,63-10-3)64-11-4)46(61)55(45(53)60)38-27-21-18-24-33-50-43(58)52-35-29-40-69(65-12-5,66-13-6)67-14-7;1-8-9-24-41-35(50)42-25-16-10-13-19-30-47-38(53)48(31-20-14-11-17-26-43-36(51)45-28-22-33-62(56-2,57-3)58-4)40(55)49(39(47)54)32-21-15-12-18-27-44-37(52)46-29-23-34-63(59-5,60-6)61-7/h8-40H2,1-7H3,(H2,47,48,56)(H2,49,51,57)(H2,50,52,58);8-34H2,1-7H3,(H2,41,42,50)(H2,43,45,51)(H2,44,46,52). The second-order valence-electron chi connectivity index (χ2n) is 31.9. The van der Waals surface area contributed by atoms with Crippen molar-refractivity contribution >= 4 is 71.4 Å². The van der Waals surface area contributed by atoms with Crippen LogP contribution in [0.3, 0.4) is 0 Å². The molecule has 0 saturated carbocycles. The highest BCUT2D eigenvalue weighted by atomic mass is 28.4. The maximum absolute atomic E-state index is 13.7. The van der Waals surface area contributed by atoms with Gasteiger partial charge in [-0.15, -0.1) is 0 Å². The number of amides is 12. The van der Waals surface area contributed by atoms with Crippen LogP contribution in [0.25, 0.3) is 0 Å². The van der Waals surface area contributed by atoms with Crippen molar-refractivity contribution < 1.29 is 81.9 Å². The van der Waals surface area contributed by atoms with Crippen molar-refractivity contribution in [2.24, 2.45) is 0 Å². The Morgan fingerprint density at radius 3 is 0.477 bits per heavy atom. The Balaban J connectivity index is 0.00000133. The number of urea groups is 6. The molecule has 2 aromatic heterocycles. The Kier molecular flexibility index (Phi) is 72.5. The highest BCUT2D eigenvalue weighted by Crippen LogP contribution is 2.21. The minimum atomic E-state index is -2.76. The van der Waals surface area contributed by atoms with Crippen LogP contribution in [0.1, 0.15) is 261 Å². The van der Waals surface area contributed by atoms with E-state index in [9.17, 15) is 57.5 Å². The number of hydrogen-bond donors (Lipinski definition) is 12. The first-order valence-corrected chi connectivity index (χ1v) is 56.7. The number of aromatic nitrogens is 6. The van der Waals surface area contributed by atoms with Gasteiger partial charge in [0.25, 0.3) is 0 Å². The number of rotatable bonds is 82. The number of nitrogens with one attached hydrogen (secondary N) is 12. The van der Waals surface area contributed by atoms with Gasteiger partial charge in [-0.1, -0.05) is 104 Å². The first kappa shape index (κ1) is 123. The van der Waals surface area contributed by atoms with E-state index in [1.54, 1.807) is 42.7 Å². The van der Waals surface area contributed by atoms with Gasteiger partial charge in [0.15, 0.2) is 0 Å². The quantitative estimate of drug-likeness (QED) is 0.0218. The third-order valence-electron chi connectivity index (χ3n) is 21.8. The molecule has 12 N–H and O–H groups in total. The Morgan fingerprint density at radius 2 is 0.333 bits per heavy atom. The zero-order valence-electron chi connectivity index (χ0n) is 82.9. The summed E-state index contributed by atoms with van der Waals surface area (Å²) in [6, 6.07) is 0.983. The van der Waals surface area contributed by atoms with Crippen LogP contribution in [0.15, 0.2) is 28.8 Å². The Labute approximate surface area is 788 Å². The molecule has 0 aromatic carbocycles. The van der Waals surface area contributed by atoms with Gasteiger partial charge in [0.05, 0.1) is 0 Å². The summed E-state index contributed by atoms with van der Waals surface area (Å²) in [6.45, 7) is 25.8. The highest BCUT2D eigenvalue weighted by Gasteiger charge is 2.42.